The van der Waals surface area contributed by atoms with E-state index in [-0.39, 0.29) is 33.5 Å². The second kappa shape index (κ2) is 4.58. The largest absolute Gasteiger partial charge is 0.295 e. The number of rotatable bonds is 3. The third-order valence-corrected chi connectivity index (χ3v) is 2.64. The van der Waals surface area contributed by atoms with E-state index in [0.29, 0.717) is 5.56 Å². The predicted molar refractivity (Wildman–Crippen MR) is 61.5 cm³/mol. The quantitative estimate of drug-likeness (QED) is 0.761. The van der Waals surface area contributed by atoms with Gasteiger partial charge in [0.1, 0.15) is 0 Å². The van der Waals surface area contributed by atoms with E-state index in [1.807, 2.05) is 0 Å². The molecule has 1 aromatic rings. The van der Waals surface area contributed by atoms with Crippen LogP contribution in [-0.4, -0.2) is 17.3 Å². The maximum Gasteiger partial charge on any atom is 0.161 e. The molecule has 0 amide bonds. The second-order valence-corrected chi connectivity index (χ2v) is 3.93. The summed E-state index contributed by atoms with van der Waals surface area (Å²) in [5.74, 6) is -0.743. The van der Waals surface area contributed by atoms with Crippen molar-refractivity contribution in [2.24, 2.45) is 0 Å². The molecule has 0 radical (unpaired) electrons. The first-order valence-corrected chi connectivity index (χ1v) is 5.08. The van der Waals surface area contributed by atoms with Gasteiger partial charge in [0.25, 0.3) is 0 Å². The highest BCUT2D eigenvalue weighted by Crippen LogP contribution is 2.24. The molecule has 16 heavy (non-hydrogen) atoms. The Morgan fingerprint density at radius 1 is 0.875 bits per heavy atom. The second-order valence-electron chi connectivity index (χ2n) is 3.55. The van der Waals surface area contributed by atoms with Crippen LogP contribution in [0.25, 0.3) is 0 Å². The molecule has 0 N–H and O–H groups in total. The fraction of sp³-hybridized carbons (Fsp3) is 0.250. The summed E-state index contributed by atoms with van der Waals surface area (Å²) in [6.45, 7) is 4.06. The van der Waals surface area contributed by atoms with Gasteiger partial charge in [-0.25, -0.2) is 0 Å². The molecule has 1 rings (SSSR count). The van der Waals surface area contributed by atoms with Gasteiger partial charge >= 0.3 is 0 Å². The molecule has 0 heterocycles. The van der Waals surface area contributed by atoms with Crippen molar-refractivity contribution in [1.82, 2.24) is 0 Å². The lowest BCUT2D eigenvalue weighted by molar-refractivity contribution is 0.101. The molecule has 4 heteroatoms. The van der Waals surface area contributed by atoms with Gasteiger partial charge in [-0.3, -0.25) is 14.4 Å². The smallest absolute Gasteiger partial charge is 0.161 e. The maximum absolute atomic E-state index is 11.3. The average Bonchev–Trinajstić information content (AvgIpc) is 2.16. The molecule has 0 aliphatic rings. The van der Waals surface area contributed by atoms with Gasteiger partial charge in [-0.15, -0.1) is 0 Å². The molecule has 0 aliphatic carbocycles. The molecule has 1 aromatic carbocycles. The van der Waals surface area contributed by atoms with Crippen LogP contribution in [0, 0.1) is 0 Å². The number of ketones is 3. The average molecular weight is 239 g/mol. The van der Waals surface area contributed by atoms with Crippen molar-refractivity contribution >= 4 is 29.0 Å². The van der Waals surface area contributed by atoms with E-state index in [1.165, 1.54) is 32.9 Å². The van der Waals surface area contributed by atoms with Crippen LogP contribution < -0.4 is 0 Å². The molecule has 0 fully saturated rings. The first-order valence-electron chi connectivity index (χ1n) is 4.71. The van der Waals surface area contributed by atoms with Crippen LogP contribution in [-0.2, 0) is 0 Å². The Morgan fingerprint density at radius 2 is 1.25 bits per heavy atom. The third-order valence-electron chi connectivity index (χ3n) is 2.24. The summed E-state index contributed by atoms with van der Waals surface area (Å²) >= 11 is 5.92. The number of carbonyl (C=O) groups excluding carboxylic acids is 3. The minimum Gasteiger partial charge on any atom is -0.295 e. The lowest BCUT2D eigenvalue weighted by Crippen LogP contribution is -2.05. The molecular weight excluding hydrogens is 228 g/mol. The van der Waals surface area contributed by atoms with Gasteiger partial charge in [0.05, 0.1) is 5.02 Å². The lowest BCUT2D eigenvalue weighted by Gasteiger charge is -2.07. The maximum atomic E-state index is 11.3. The van der Waals surface area contributed by atoms with E-state index in [9.17, 15) is 14.4 Å². The van der Waals surface area contributed by atoms with Gasteiger partial charge in [-0.2, -0.15) is 0 Å². The van der Waals surface area contributed by atoms with Gasteiger partial charge < -0.3 is 0 Å². The lowest BCUT2D eigenvalue weighted by atomic mass is 9.99. The molecule has 0 aliphatic heterocycles. The van der Waals surface area contributed by atoms with E-state index >= 15 is 0 Å². The summed E-state index contributed by atoms with van der Waals surface area (Å²) in [5.41, 5.74) is 0.735. The Morgan fingerprint density at radius 3 is 1.50 bits per heavy atom. The van der Waals surface area contributed by atoms with Crippen LogP contribution in [0.4, 0.5) is 0 Å². The molecule has 0 atom stereocenters. The molecular formula is C12H11ClO3. The van der Waals surface area contributed by atoms with E-state index < -0.39 is 0 Å². The fourth-order valence-electron chi connectivity index (χ4n) is 1.34. The van der Waals surface area contributed by atoms with Crippen LogP contribution >= 0.6 is 11.6 Å². The summed E-state index contributed by atoms with van der Waals surface area (Å²) in [5, 5.41) is 0.116. The van der Waals surface area contributed by atoms with Crippen molar-refractivity contribution in [3.05, 3.63) is 33.8 Å². The van der Waals surface area contributed by atoms with E-state index in [1.54, 1.807) is 0 Å². The molecule has 3 nitrogen and oxygen atoms in total. The van der Waals surface area contributed by atoms with Gasteiger partial charge in [0.15, 0.2) is 17.3 Å². The molecule has 0 aromatic heterocycles. The van der Waals surface area contributed by atoms with Gasteiger partial charge in [0, 0.05) is 16.7 Å². The van der Waals surface area contributed by atoms with Crippen molar-refractivity contribution in [2.45, 2.75) is 20.8 Å². The normalized spacial score (nSPS) is 10.0. The molecule has 0 saturated heterocycles. The number of hydrogen-bond acceptors (Lipinski definition) is 3. The molecule has 84 valence electrons. The third kappa shape index (κ3) is 2.36. The minimum absolute atomic E-state index is 0.116. The topological polar surface area (TPSA) is 51.2 Å². The van der Waals surface area contributed by atoms with Crippen LogP contribution in [0.5, 0.6) is 0 Å². The summed E-state index contributed by atoms with van der Waals surface area (Å²) in [7, 11) is 0. The highest BCUT2D eigenvalue weighted by Gasteiger charge is 2.16. The molecule has 0 bridgehead atoms. The zero-order valence-corrected chi connectivity index (χ0v) is 10.0. The highest BCUT2D eigenvalue weighted by molar-refractivity contribution is 6.37. The SMILES string of the molecule is CC(=O)c1cc(C(C)=O)c(Cl)c(C(C)=O)c1. The highest BCUT2D eigenvalue weighted by atomic mass is 35.5. The fourth-order valence-corrected chi connectivity index (χ4v) is 1.72. The zero-order valence-electron chi connectivity index (χ0n) is 9.26. The van der Waals surface area contributed by atoms with E-state index in [4.69, 9.17) is 11.6 Å². The zero-order chi connectivity index (χ0) is 12.5. The Balaban J connectivity index is 3.57. The van der Waals surface area contributed by atoms with Crippen LogP contribution in [0.3, 0.4) is 0 Å². The number of halogens is 1. The number of carbonyl (C=O) groups is 3. The Kier molecular flexibility index (Phi) is 3.60. The van der Waals surface area contributed by atoms with E-state index in [2.05, 4.69) is 0 Å². The van der Waals surface area contributed by atoms with E-state index in [0.717, 1.165) is 0 Å². The summed E-state index contributed by atoms with van der Waals surface area (Å²) in [4.78, 5) is 33.9. The standard InChI is InChI=1S/C12H11ClO3/c1-6(14)9-4-10(7(2)15)12(13)11(5-9)8(3)16/h4-5H,1-3H3. The van der Waals surface area contributed by atoms with Crippen LogP contribution in [0.1, 0.15) is 51.8 Å². The summed E-state index contributed by atoms with van der Waals surface area (Å²) in [6, 6.07) is 2.83. The Labute approximate surface area is 98.4 Å². The van der Waals surface area contributed by atoms with Gasteiger partial charge in [-0.1, -0.05) is 11.6 Å². The van der Waals surface area contributed by atoms with Crippen molar-refractivity contribution in [1.29, 1.82) is 0 Å². The first-order chi connectivity index (χ1) is 7.34. The monoisotopic (exact) mass is 238 g/mol. The number of benzene rings is 1. The summed E-state index contributed by atoms with van der Waals surface area (Å²) < 4.78 is 0. The van der Waals surface area contributed by atoms with Crippen molar-refractivity contribution in [3.8, 4) is 0 Å². The first kappa shape index (κ1) is 12.6. The van der Waals surface area contributed by atoms with Crippen molar-refractivity contribution < 1.29 is 14.4 Å². The van der Waals surface area contributed by atoms with Gasteiger partial charge in [-0.05, 0) is 32.9 Å². The predicted octanol–water partition coefficient (Wildman–Crippen LogP) is 2.95. The molecule has 0 spiro atoms. The number of hydrogen-bond donors (Lipinski definition) is 0. The molecule has 0 saturated carbocycles. The van der Waals surface area contributed by atoms with Crippen molar-refractivity contribution in [2.75, 3.05) is 0 Å². The Bertz CT molecular complexity index is 454. The van der Waals surface area contributed by atoms with Crippen LogP contribution in [0.2, 0.25) is 5.02 Å². The van der Waals surface area contributed by atoms with Crippen LogP contribution in [0.15, 0.2) is 12.1 Å². The van der Waals surface area contributed by atoms with Crippen molar-refractivity contribution in [3.63, 3.8) is 0 Å². The Hall–Kier alpha value is -1.48. The van der Waals surface area contributed by atoms with Gasteiger partial charge in [0.2, 0.25) is 0 Å². The number of Topliss-reactive ketones (excluding diaryl/α,β-unsaturated/α-hetero) is 3. The molecule has 0 unspecified atom stereocenters. The minimum atomic E-state index is -0.268. The summed E-state index contributed by atoms with van der Waals surface area (Å²) in [6.07, 6.45) is 0.